The topological polar surface area (TPSA) is 20.2 Å². The average Bonchev–Trinajstić information content (AvgIpc) is 2.16. The highest BCUT2D eigenvalue weighted by Crippen LogP contribution is 2.27. The Bertz CT molecular complexity index is 265. The maximum atomic E-state index is 9.35. The van der Waals surface area contributed by atoms with Crippen molar-refractivity contribution in [2.45, 2.75) is 24.3 Å². The van der Waals surface area contributed by atoms with Gasteiger partial charge in [-0.05, 0) is 18.6 Å². The van der Waals surface area contributed by atoms with Crippen molar-refractivity contribution in [1.82, 2.24) is 0 Å². The van der Waals surface area contributed by atoms with Crippen LogP contribution in [0.1, 0.15) is 13.3 Å². The molecule has 0 aliphatic rings. The molecule has 0 spiro atoms. The van der Waals surface area contributed by atoms with Gasteiger partial charge in [0.2, 0.25) is 0 Å². The molecular weight excluding hydrogens is 204 g/mol. The summed E-state index contributed by atoms with van der Waals surface area (Å²) < 4.78 is 0. The quantitative estimate of drug-likeness (QED) is 0.781. The fraction of sp³-hybridized carbons (Fsp3) is 0.400. The van der Waals surface area contributed by atoms with E-state index in [4.69, 9.17) is 11.6 Å². The van der Waals surface area contributed by atoms with Gasteiger partial charge in [0.1, 0.15) is 0 Å². The van der Waals surface area contributed by atoms with Crippen LogP contribution in [0.4, 0.5) is 0 Å². The molecule has 1 unspecified atom stereocenters. The van der Waals surface area contributed by atoms with E-state index in [0.29, 0.717) is 5.75 Å². The van der Waals surface area contributed by atoms with E-state index in [-0.39, 0.29) is 6.10 Å². The van der Waals surface area contributed by atoms with E-state index in [1.165, 1.54) is 0 Å². The molecule has 0 radical (unpaired) electrons. The maximum absolute atomic E-state index is 9.35. The van der Waals surface area contributed by atoms with Crippen molar-refractivity contribution in [2.75, 3.05) is 5.75 Å². The Morgan fingerprint density at radius 3 is 2.77 bits per heavy atom. The number of hydrogen-bond donors (Lipinski definition) is 1. The summed E-state index contributed by atoms with van der Waals surface area (Å²) in [6.07, 6.45) is 0.554. The molecule has 1 aromatic carbocycles. The number of aliphatic hydroxyl groups excluding tert-OH is 1. The second-order valence-electron chi connectivity index (χ2n) is 2.80. The Labute approximate surface area is 88.1 Å². The molecule has 0 aliphatic carbocycles. The lowest BCUT2D eigenvalue weighted by molar-refractivity contribution is 0.195. The molecule has 0 bridgehead atoms. The van der Waals surface area contributed by atoms with Crippen LogP contribution in [0, 0.1) is 0 Å². The van der Waals surface area contributed by atoms with E-state index >= 15 is 0 Å². The van der Waals surface area contributed by atoms with E-state index < -0.39 is 0 Å². The molecule has 0 saturated heterocycles. The first-order chi connectivity index (χ1) is 6.24. The van der Waals surface area contributed by atoms with Gasteiger partial charge in [-0.25, -0.2) is 0 Å². The van der Waals surface area contributed by atoms with Gasteiger partial charge in [-0.3, -0.25) is 0 Å². The monoisotopic (exact) mass is 216 g/mol. The summed E-state index contributed by atoms with van der Waals surface area (Å²) in [7, 11) is 0. The van der Waals surface area contributed by atoms with Gasteiger partial charge in [-0.1, -0.05) is 30.7 Å². The summed E-state index contributed by atoms with van der Waals surface area (Å²) in [5, 5.41) is 10.1. The molecular formula is C10H13ClOS. The fourth-order valence-corrected chi connectivity index (χ4v) is 2.15. The predicted molar refractivity (Wildman–Crippen MR) is 58.5 cm³/mol. The SMILES string of the molecule is CCC(O)CSc1ccccc1Cl. The smallest absolute Gasteiger partial charge is 0.0631 e. The van der Waals surface area contributed by atoms with Crippen LogP contribution in [-0.2, 0) is 0 Å². The highest BCUT2D eigenvalue weighted by molar-refractivity contribution is 7.99. The second-order valence-corrected chi connectivity index (χ2v) is 4.27. The fourth-order valence-electron chi connectivity index (χ4n) is 0.866. The molecule has 1 atom stereocenters. The van der Waals surface area contributed by atoms with E-state index in [0.717, 1.165) is 16.3 Å². The van der Waals surface area contributed by atoms with Gasteiger partial charge in [0.05, 0.1) is 11.1 Å². The van der Waals surface area contributed by atoms with Crippen molar-refractivity contribution in [2.24, 2.45) is 0 Å². The molecule has 0 saturated carbocycles. The zero-order chi connectivity index (χ0) is 9.68. The van der Waals surface area contributed by atoms with Gasteiger partial charge in [0.15, 0.2) is 0 Å². The van der Waals surface area contributed by atoms with Crippen LogP contribution < -0.4 is 0 Å². The molecule has 72 valence electrons. The Balaban J connectivity index is 2.50. The molecule has 1 aromatic rings. The summed E-state index contributed by atoms with van der Waals surface area (Å²) in [5.74, 6) is 0.709. The van der Waals surface area contributed by atoms with Crippen molar-refractivity contribution < 1.29 is 5.11 Å². The molecule has 0 fully saturated rings. The first-order valence-corrected chi connectivity index (χ1v) is 5.65. The summed E-state index contributed by atoms with van der Waals surface area (Å²) in [6, 6.07) is 7.69. The summed E-state index contributed by atoms with van der Waals surface area (Å²) in [6.45, 7) is 1.97. The number of benzene rings is 1. The second kappa shape index (κ2) is 5.53. The summed E-state index contributed by atoms with van der Waals surface area (Å²) in [5.41, 5.74) is 0. The standard InChI is InChI=1S/C10H13ClOS/c1-2-8(12)7-13-10-6-4-3-5-9(10)11/h3-6,8,12H,2,7H2,1H3. The minimum absolute atomic E-state index is 0.235. The van der Waals surface area contributed by atoms with E-state index in [9.17, 15) is 5.11 Å². The Morgan fingerprint density at radius 2 is 2.15 bits per heavy atom. The van der Waals surface area contributed by atoms with E-state index in [1.54, 1.807) is 11.8 Å². The minimum atomic E-state index is -0.235. The van der Waals surface area contributed by atoms with Crippen LogP contribution in [0.5, 0.6) is 0 Å². The largest absolute Gasteiger partial charge is 0.392 e. The highest BCUT2D eigenvalue weighted by atomic mass is 35.5. The first kappa shape index (κ1) is 10.9. The minimum Gasteiger partial charge on any atom is -0.392 e. The summed E-state index contributed by atoms with van der Waals surface area (Å²) >= 11 is 7.55. The maximum Gasteiger partial charge on any atom is 0.0631 e. The lowest BCUT2D eigenvalue weighted by Crippen LogP contribution is -2.07. The average molecular weight is 217 g/mol. The normalized spacial score (nSPS) is 12.8. The number of halogens is 1. The molecule has 1 rings (SSSR count). The van der Waals surface area contributed by atoms with Crippen molar-refractivity contribution >= 4 is 23.4 Å². The first-order valence-electron chi connectivity index (χ1n) is 4.29. The zero-order valence-electron chi connectivity index (χ0n) is 7.53. The Kier molecular flexibility index (Phi) is 4.64. The van der Waals surface area contributed by atoms with Crippen molar-refractivity contribution in [1.29, 1.82) is 0 Å². The number of rotatable bonds is 4. The Hall–Kier alpha value is -0.180. The van der Waals surface area contributed by atoms with Gasteiger partial charge in [0, 0.05) is 10.6 Å². The molecule has 0 aliphatic heterocycles. The Morgan fingerprint density at radius 1 is 1.46 bits per heavy atom. The molecule has 3 heteroatoms. The van der Waals surface area contributed by atoms with Crippen molar-refractivity contribution in [3.63, 3.8) is 0 Å². The van der Waals surface area contributed by atoms with Crippen molar-refractivity contribution in [3.05, 3.63) is 29.3 Å². The van der Waals surface area contributed by atoms with Crippen LogP contribution in [0.25, 0.3) is 0 Å². The number of thioether (sulfide) groups is 1. The van der Waals surface area contributed by atoms with Crippen molar-refractivity contribution in [3.8, 4) is 0 Å². The predicted octanol–water partition coefficient (Wildman–Crippen LogP) is 3.20. The lowest BCUT2D eigenvalue weighted by atomic mass is 10.3. The molecule has 0 aromatic heterocycles. The molecule has 1 N–H and O–H groups in total. The van der Waals surface area contributed by atoms with Crippen LogP contribution >= 0.6 is 23.4 Å². The number of aliphatic hydroxyl groups is 1. The van der Waals surface area contributed by atoms with Crippen LogP contribution in [0.15, 0.2) is 29.2 Å². The third-order valence-electron chi connectivity index (χ3n) is 1.74. The molecule has 1 nitrogen and oxygen atoms in total. The van der Waals surface area contributed by atoms with E-state index in [1.807, 2.05) is 31.2 Å². The third kappa shape index (κ3) is 3.59. The van der Waals surface area contributed by atoms with Gasteiger partial charge in [-0.15, -0.1) is 11.8 Å². The molecule has 0 amide bonds. The highest BCUT2D eigenvalue weighted by Gasteiger charge is 2.03. The van der Waals surface area contributed by atoms with Gasteiger partial charge in [-0.2, -0.15) is 0 Å². The number of hydrogen-bond acceptors (Lipinski definition) is 2. The van der Waals surface area contributed by atoms with E-state index in [2.05, 4.69) is 0 Å². The third-order valence-corrected chi connectivity index (χ3v) is 3.40. The van der Waals surface area contributed by atoms with Crippen LogP contribution in [-0.4, -0.2) is 17.0 Å². The zero-order valence-corrected chi connectivity index (χ0v) is 9.11. The molecule has 0 heterocycles. The van der Waals surface area contributed by atoms with Crippen LogP contribution in [0.2, 0.25) is 5.02 Å². The van der Waals surface area contributed by atoms with Gasteiger partial charge >= 0.3 is 0 Å². The molecule has 13 heavy (non-hydrogen) atoms. The van der Waals surface area contributed by atoms with Gasteiger partial charge in [0.25, 0.3) is 0 Å². The van der Waals surface area contributed by atoms with Gasteiger partial charge < -0.3 is 5.11 Å². The lowest BCUT2D eigenvalue weighted by Gasteiger charge is -2.07. The summed E-state index contributed by atoms with van der Waals surface area (Å²) in [4.78, 5) is 1.04. The van der Waals surface area contributed by atoms with Crippen LogP contribution in [0.3, 0.4) is 0 Å².